The van der Waals surface area contributed by atoms with E-state index >= 15 is 0 Å². The van der Waals surface area contributed by atoms with Crippen LogP contribution in [0.25, 0.3) is 16.9 Å². The van der Waals surface area contributed by atoms with E-state index in [0.29, 0.717) is 25.7 Å². The van der Waals surface area contributed by atoms with Crippen molar-refractivity contribution in [1.29, 1.82) is 0 Å². The van der Waals surface area contributed by atoms with E-state index in [-0.39, 0.29) is 11.3 Å². The first-order chi connectivity index (χ1) is 13.8. The second kappa shape index (κ2) is 7.02. The summed E-state index contributed by atoms with van der Waals surface area (Å²) in [5, 5.41) is 3.16. The molecule has 2 aromatic heterocycles. The first-order valence-electron chi connectivity index (χ1n) is 10.00. The van der Waals surface area contributed by atoms with Crippen LogP contribution in [0.5, 0.6) is 0 Å². The molecule has 0 unspecified atom stereocenters. The average Bonchev–Trinajstić information content (AvgIpc) is 3.53. The maximum atomic E-state index is 13.0. The van der Waals surface area contributed by atoms with Gasteiger partial charge in [-0.1, -0.05) is 18.2 Å². The van der Waals surface area contributed by atoms with Crippen LogP contribution in [0.1, 0.15) is 31.2 Å². The van der Waals surface area contributed by atoms with Crippen LogP contribution in [0.3, 0.4) is 0 Å². The number of pyridine rings is 1. The first kappa shape index (κ1) is 17.4. The summed E-state index contributed by atoms with van der Waals surface area (Å²) >= 11 is 0. The van der Waals surface area contributed by atoms with Crippen LogP contribution in [0.4, 0.5) is 0 Å². The molecule has 0 atom stereocenters. The second-order valence-electron chi connectivity index (χ2n) is 7.85. The van der Waals surface area contributed by atoms with Crippen molar-refractivity contribution in [2.75, 3.05) is 13.2 Å². The van der Waals surface area contributed by atoms with Gasteiger partial charge in [0.2, 0.25) is 5.91 Å². The molecule has 3 heterocycles. The molecule has 1 N–H and O–H groups in total. The van der Waals surface area contributed by atoms with E-state index in [1.807, 2.05) is 47.2 Å². The summed E-state index contributed by atoms with van der Waals surface area (Å²) in [7, 11) is 0. The van der Waals surface area contributed by atoms with E-state index in [1.165, 1.54) is 12.8 Å². The van der Waals surface area contributed by atoms with Gasteiger partial charge in [0.25, 0.3) is 0 Å². The molecule has 0 bridgehead atoms. The van der Waals surface area contributed by atoms with Crippen molar-refractivity contribution in [3.05, 3.63) is 54.5 Å². The third-order valence-electron chi connectivity index (χ3n) is 6.16. The molecule has 0 spiro atoms. The van der Waals surface area contributed by atoms with Gasteiger partial charge in [0.1, 0.15) is 12.1 Å². The van der Waals surface area contributed by atoms with Crippen LogP contribution in [-0.2, 0) is 16.1 Å². The van der Waals surface area contributed by atoms with E-state index in [0.717, 1.165) is 35.3 Å². The van der Waals surface area contributed by atoms with E-state index < -0.39 is 0 Å². The molecule has 28 heavy (non-hydrogen) atoms. The number of benzene rings is 1. The molecule has 144 valence electrons. The van der Waals surface area contributed by atoms with Crippen LogP contribution >= 0.6 is 0 Å². The van der Waals surface area contributed by atoms with Crippen molar-refractivity contribution in [3.63, 3.8) is 0 Å². The van der Waals surface area contributed by atoms with Gasteiger partial charge >= 0.3 is 0 Å². The van der Waals surface area contributed by atoms with E-state index in [9.17, 15) is 4.79 Å². The zero-order chi connectivity index (χ0) is 19.0. The fraction of sp³-hybridized carbons (Fsp3) is 0.409. The fourth-order valence-electron chi connectivity index (χ4n) is 4.36. The minimum atomic E-state index is -0.221. The molecule has 1 aliphatic carbocycles. The smallest absolute Gasteiger partial charge is 0.226 e. The number of hydrogen-bond donors (Lipinski definition) is 1. The quantitative estimate of drug-likeness (QED) is 0.742. The van der Waals surface area contributed by atoms with Crippen LogP contribution in [-0.4, -0.2) is 33.7 Å². The molecule has 1 amide bonds. The topological polar surface area (TPSA) is 69.0 Å². The van der Waals surface area contributed by atoms with Crippen molar-refractivity contribution in [1.82, 2.24) is 19.9 Å². The fourth-order valence-corrected chi connectivity index (χ4v) is 4.36. The van der Waals surface area contributed by atoms with Crippen LogP contribution in [0.15, 0.2) is 48.9 Å². The van der Waals surface area contributed by atoms with Gasteiger partial charge in [-0.2, -0.15) is 0 Å². The van der Waals surface area contributed by atoms with Crippen LogP contribution in [0.2, 0.25) is 0 Å². The minimum Gasteiger partial charge on any atom is -0.381 e. The number of hydrogen-bond acceptors (Lipinski definition) is 4. The Morgan fingerprint density at radius 1 is 1.14 bits per heavy atom. The predicted molar refractivity (Wildman–Crippen MR) is 106 cm³/mol. The highest BCUT2D eigenvalue weighted by molar-refractivity contribution is 5.83. The molecule has 2 fully saturated rings. The highest BCUT2D eigenvalue weighted by Gasteiger charge is 2.51. The average molecular weight is 376 g/mol. The van der Waals surface area contributed by atoms with Crippen LogP contribution in [0, 0.1) is 11.3 Å². The highest BCUT2D eigenvalue weighted by atomic mass is 16.5. The van der Waals surface area contributed by atoms with Gasteiger partial charge < -0.3 is 10.1 Å². The van der Waals surface area contributed by atoms with Gasteiger partial charge in [0, 0.05) is 26.0 Å². The lowest BCUT2D eigenvalue weighted by atomic mass is 9.75. The molecule has 1 saturated carbocycles. The maximum Gasteiger partial charge on any atom is 0.226 e. The lowest BCUT2D eigenvalue weighted by molar-refractivity contribution is -0.138. The largest absolute Gasteiger partial charge is 0.381 e. The Labute approximate surface area is 163 Å². The maximum absolute atomic E-state index is 13.0. The summed E-state index contributed by atoms with van der Waals surface area (Å²) in [6.07, 6.45) is 7.64. The number of para-hydroxylation sites is 2. The Hall–Kier alpha value is -2.73. The summed E-state index contributed by atoms with van der Waals surface area (Å²) in [5.74, 6) is 1.54. The van der Waals surface area contributed by atoms with Crippen molar-refractivity contribution in [3.8, 4) is 5.82 Å². The van der Waals surface area contributed by atoms with Crippen molar-refractivity contribution < 1.29 is 9.53 Å². The Balaban J connectivity index is 1.28. The standard InChI is InChI=1S/C22H24N4O2/c27-21(22(17-6-7-17)9-11-28-12-10-22)24-14-16-5-8-20(23-13-16)26-15-25-18-3-1-2-4-19(18)26/h1-5,8,13,15,17H,6-7,9-12,14H2,(H,24,27). The lowest BCUT2D eigenvalue weighted by Gasteiger charge is -2.36. The monoisotopic (exact) mass is 376 g/mol. The molecule has 5 rings (SSSR count). The predicted octanol–water partition coefficient (Wildman–Crippen LogP) is 3.24. The van der Waals surface area contributed by atoms with E-state index in [2.05, 4.69) is 15.3 Å². The van der Waals surface area contributed by atoms with Gasteiger partial charge in [-0.25, -0.2) is 9.97 Å². The number of imidazole rings is 1. The summed E-state index contributed by atoms with van der Waals surface area (Å²) in [6, 6.07) is 12.0. The van der Waals surface area contributed by atoms with Gasteiger partial charge in [0.15, 0.2) is 0 Å². The molecule has 2 aliphatic rings. The molecule has 3 aromatic rings. The highest BCUT2D eigenvalue weighted by Crippen LogP contribution is 2.51. The SMILES string of the molecule is O=C(NCc1ccc(-n2cnc3ccccc32)nc1)C1(C2CC2)CCOCC1. The zero-order valence-corrected chi connectivity index (χ0v) is 15.8. The summed E-state index contributed by atoms with van der Waals surface area (Å²) < 4.78 is 7.47. The molecule has 1 aliphatic heterocycles. The number of carbonyl (C=O) groups is 1. The van der Waals surface area contributed by atoms with Crippen LogP contribution < -0.4 is 5.32 Å². The van der Waals surface area contributed by atoms with E-state index in [1.54, 1.807) is 6.33 Å². The molecular weight excluding hydrogens is 352 g/mol. The van der Waals surface area contributed by atoms with Crippen molar-refractivity contribution >= 4 is 16.9 Å². The molecule has 6 heteroatoms. The molecule has 6 nitrogen and oxygen atoms in total. The normalized spacial score (nSPS) is 18.9. The minimum absolute atomic E-state index is 0.183. The van der Waals surface area contributed by atoms with Crippen molar-refractivity contribution in [2.45, 2.75) is 32.2 Å². The number of nitrogens with one attached hydrogen (secondary N) is 1. The number of ether oxygens (including phenoxy) is 1. The molecule has 0 radical (unpaired) electrons. The summed E-state index contributed by atoms with van der Waals surface area (Å²) in [5.41, 5.74) is 2.75. The van der Waals surface area contributed by atoms with Gasteiger partial charge in [-0.3, -0.25) is 9.36 Å². The number of aromatic nitrogens is 3. The zero-order valence-electron chi connectivity index (χ0n) is 15.8. The Morgan fingerprint density at radius 3 is 2.71 bits per heavy atom. The molecular formula is C22H24N4O2. The Bertz CT molecular complexity index is 985. The number of carbonyl (C=O) groups excluding carboxylic acids is 1. The van der Waals surface area contributed by atoms with E-state index in [4.69, 9.17) is 4.74 Å². The lowest BCUT2D eigenvalue weighted by Crippen LogP contribution is -2.46. The van der Waals surface area contributed by atoms with Gasteiger partial charge in [0.05, 0.1) is 16.4 Å². The van der Waals surface area contributed by atoms with Gasteiger partial charge in [-0.05, 0) is 55.4 Å². The second-order valence-corrected chi connectivity index (χ2v) is 7.85. The molecule has 1 aromatic carbocycles. The van der Waals surface area contributed by atoms with Crippen molar-refractivity contribution in [2.24, 2.45) is 11.3 Å². The number of rotatable bonds is 5. The number of amides is 1. The van der Waals surface area contributed by atoms with Gasteiger partial charge in [-0.15, -0.1) is 0 Å². The number of nitrogens with zero attached hydrogens (tertiary/aromatic N) is 3. The summed E-state index contributed by atoms with van der Waals surface area (Å²) in [4.78, 5) is 22.0. The summed E-state index contributed by atoms with van der Waals surface area (Å²) in [6.45, 7) is 1.89. The third kappa shape index (κ3) is 3.07. The molecule has 1 saturated heterocycles. The first-order valence-corrected chi connectivity index (χ1v) is 10.00. The Kier molecular flexibility index (Phi) is 4.36. The Morgan fingerprint density at radius 2 is 1.96 bits per heavy atom. The number of fused-ring (bicyclic) bond motifs is 1. The third-order valence-corrected chi connectivity index (χ3v) is 6.16.